The first-order valence-corrected chi connectivity index (χ1v) is 12.3. The molecule has 0 saturated carbocycles. The molecule has 8 heteroatoms. The lowest BCUT2D eigenvalue weighted by Crippen LogP contribution is -2.28. The molecule has 0 heterocycles. The number of esters is 1. The van der Waals surface area contributed by atoms with E-state index in [2.05, 4.69) is 10.0 Å². The van der Waals surface area contributed by atoms with Gasteiger partial charge in [0.1, 0.15) is 17.1 Å². The van der Waals surface area contributed by atoms with Crippen LogP contribution in [0.25, 0.3) is 0 Å². The maximum Gasteiger partial charge on any atom is 0.343 e. The molecular weight excluding hydrogens is 455 g/mol. The van der Waals surface area contributed by atoms with Crippen LogP contribution in [0.3, 0.4) is 0 Å². The van der Waals surface area contributed by atoms with Crippen LogP contribution in [-0.2, 0) is 16.1 Å². The van der Waals surface area contributed by atoms with Crippen LogP contribution in [0.5, 0.6) is 5.75 Å². The molecule has 0 aromatic heterocycles. The molecule has 0 radical (unpaired) electrons. The van der Waals surface area contributed by atoms with Gasteiger partial charge in [0, 0.05) is 17.4 Å². The number of nitrogens with one attached hydrogen (secondary N) is 2. The lowest BCUT2D eigenvalue weighted by Gasteiger charge is -2.19. The van der Waals surface area contributed by atoms with Gasteiger partial charge in [-0.25, -0.2) is 9.18 Å². The van der Waals surface area contributed by atoms with Crippen LogP contribution in [0.4, 0.5) is 10.1 Å². The summed E-state index contributed by atoms with van der Waals surface area (Å²) in [6.45, 7) is 12.0. The molecule has 0 fully saturated rings. The second-order valence-corrected chi connectivity index (χ2v) is 8.59. The third-order valence-corrected chi connectivity index (χ3v) is 6.15. The standard InChI is InChI=1S/C24H31FN2O4S.C2H6/c1-7-15(4)23(28)26-13-16-12-17(25)8-11-20(16)32-27-19-10-9-18(14(2)3)22(30-5)21(19)24(29)31-6;1-2/h8-12,14-15,27H,7,13H2,1-6H3,(H,26,28);1-2H3/t15-;/m1./s1. The first kappa shape index (κ1) is 29.3. The minimum Gasteiger partial charge on any atom is -0.495 e. The van der Waals surface area contributed by atoms with Crippen molar-refractivity contribution in [2.75, 3.05) is 18.9 Å². The van der Waals surface area contributed by atoms with E-state index in [1.54, 1.807) is 12.1 Å². The molecule has 0 unspecified atom stereocenters. The van der Waals surface area contributed by atoms with Crippen molar-refractivity contribution in [3.63, 3.8) is 0 Å². The molecule has 2 aromatic carbocycles. The van der Waals surface area contributed by atoms with Crippen molar-refractivity contribution in [1.82, 2.24) is 5.32 Å². The molecule has 0 bridgehead atoms. The number of rotatable bonds is 10. The van der Waals surface area contributed by atoms with E-state index in [1.165, 1.54) is 38.3 Å². The zero-order valence-electron chi connectivity index (χ0n) is 21.4. The minimum absolute atomic E-state index is 0.0809. The summed E-state index contributed by atoms with van der Waals surface area (Å²) in [5.74, 6) is -0.506. The molecule has 2 N–H and O–H groups in total. The van der Waals surface area contributed by atoms with Gasteiger partial charge in [-0.3, -0.25) is 4.79 Å². The lowest BCUT2D eigenvalue weighted by atomic mass is 9.98. The van der Waals surface area contributed by atoms with Crippen LogP contribution in [0.15, 0.2) is 35.2 Å². The zero-order valence-corrected chi connectivity index (χ0v) is 22.2. The van der Waals surface area contributed by atoms with E-state index >= 15 is 0 Å². The fourth-order valence-electron chi connectivity index (χ4n) is 3.10. The first-order chi connectivity index (χ1) is 16.2. The minimum atomic E-state index is -0.521. The summed E-state index contributed by atoms with van der Waals surface area (Å²) in [5, 5.41) is 2.85. The smallest absolute Gasteiger partial charge is 0.343 e. The Labute approximate surface area is 207 Å². The Morgan fingerprint density at radius 2 is 1.76 bits per heavy atom. The zero-order chi connectivity index (χ0) is 25.8. The molecule has 0 aliphatic heterocycles. The van der Waals surface area contributed by atoms with Gasteiger partial charge in [0.25, 0.3) is 0 Å². The van der Waals surface area contributed by atoms with Gasteiger partial charge in [-0.05, 0) is 59.7 Å². The molecule has 0 saturated heterocycles. The summed E-state index contributed by atoms with van der Waals surface area (Å²) in [7, 11) is 2.83. The summed E-state index contributed by atoms with van der Waals surface area (Å²) in [4.78, 5) is 25.4. The average molecular weight is 493 g/mol. The number of halogens is 1. The van der Waals surface area contributed by atoms with Gasteiger partial charge in [-0.2, -0.15) is 0 Å². The summed E-state index contributed by atoms with van der Waals surface area (Å²) in [5.41, 5.74) is 2.33. The molecule has 0 aliphatic rings. The molecule has 0 aliphatic carbocycles. The molecule has 188 valence electrons. The van der Waals surface area contributed by atoms with Gasteiger partial charge in [-0.1, -0.05) is 47.6 Å². The molecule has 1 atom stereocenters. The van der Waals surface area contributed by atoms with E-state index in [4.69, 9.17) is 9.47 Å². The Kier molecular flexibility index (Phi) is 12.5. The number of amides is 1. The first-order valence-electron chi connectivity index (χ1n) is 11.5. The van der Waals surface area contributed by atoms with Gasteiger partial charge in [0.05, 0.1) is 19.9 Å². The van der Waals surface area contributed by atoms with Crippen LogP contribution >= 0.6 is 11.9 Å². The molecule has 2 aromatic rings. The van der Waals surface area contributed by atoms with E-state index in [1.807, 2.05) is 47.6 Å². The van der Waals surface area contributed by atoms with E-state index in [0.29, 0.717) is 22.6 Å². The highest BCUT2D eigenvalue weighted by atomic mass is 32.2. The predicted molar refractivity (Wildman–Crippen MR) is 137 cm³/mol. The molecule has 1 amide bonds. The number of hydrogen-bond donors (Lipinski definition) is 2. The van der Waals surface area contributed by atoms with Gasteiger partial charge in [0.15, 0.2) is 0 Å². The number of ether oxygens (including phenoxy) is 2. The van der Waals surface area contributed by atoms with E-state index in [-0.39, 0.29) is 30.1 Å². The number of hydrogen-bond acceptors (Lipinski definition) is 6. The highest BCUT2D eigenvalue weighted by Gasteiger charge is 2.23. The number of methoxy groups -OCH3 is 2. The fourth-order valence-corrected chi connectivity index (χ4v) is 3.89. The summed E-state index contributed by atoms with van der Waals surface area (Å²) >= 11 is 1.22. The quantitative estimate of drug-likeness (QED) is 0.289. The van der Waals surface area contributed by atoms with Crippen molar-refractivity contribution in [2.45, 2.75) is 65.3 Å². The molecule has 2 rings (SSSR count). The normalized spacial score (nSPS) is 11.2. The third-order valence-electron chi connectivity index (χ3n) is 5.21. The van der Waals surface area contributed by atoms with Crippen LogP contribution < -0.4 is 14.8 Å². The average Bonchev–Trinajstić information content (AvgIpc) is 2.85. The second-order valence-electron chi connectivity index (χ2n) is 7.74. The maximum absolute atomic E-state index is 13.9. The molecule has 6 nitrogen and oxygen atoms in total. The van der Waals surface area contributed by atoms with Crippen LogP contribution in [-0.4, -0.2) is 26.1 Å². The third kappa shape index (κ3) is 7.65. The van der Waals surface area contributed by atoms with Crippen molar-refractivity contribution in [1.29, 1.82) is 0 Å². The van der Waals surface area contributed by atoms with Crippen molar-refractivity contribution < 1.29 is 23.5 Å². The highest BCUT2D eigenvalue weighted by Crippen LogP contribution is 2.37. The Morgan fingerprint density at radius 1 is 1.09 bits per heavy atom. The summed E-state index contributed by atoms with van der Waals surface area (Å²) < 4.78 is 27.6. The van der Waals surface area contributed by atoms with E-state index < -0.39 is 5.97 Å². The lowest BCUT2D eigenvalue weighted by molar-refractivity contribution is -0.124. The maximum atomic E-state index is 13.9. The largest absolute Gasteiger partial charge is 0.495 e. The van der Waals surface area contributed by atoms with Gasteiger partial charge >= 0.3 is 5.97 Å². The Hall–Kier alpha value is -2.74. The highest BCUT2D eigenvalue weighted by molar-refractivity contribution is 8.00. The second kappa shape index (κ2) is 14.5. The molecule has 0 spiro atoms. The number of carbonyl (C=O) groups is 2. The number of benzene rings is 2. The monoisotopic (exact) mass is 492 g/mol. The predicted octanol–water partition coefficient (Wildman–Crippen LogP) is 6.55. The van der Waals surface area contributed by atoms with Crippen molar-refractivity contribution >= 4 is 29.5 Å². The van der Waals surface area contributed by atoms with E-state index in [9.17, 15) is 14.0 Å². The topological polar surface area (TPSA) is 76.7 Å². The van der Waals surface area contributed by atoms with E-state index in [0.717, 1.165) is 16.9 Å². The van der Waals surface area contributed by atoms with Crippen LogP contribution in [0.1, 0.15) is 75.4 Å². The van der Waals surface area contributed by atoms with Crippen LogP contribution in [0.2, 0.25) is 0 Å². The van der Waals surface area contributed by atoms with Gasteiger partial charge in [-0.15, -0.1) is 0 Å². The molecular formula is C26H37FN2O4S. The number of anilines is 1. The Balaban J connectivity index is 0.00000281. The van der Waals surface area contributed by atoms with Crippen LogP contribution in [0, 0.1) is 11.7 Å². The Morgan fingerprint density at radius 3 is 2.32 bits per heavy atom. The van der Waals surface area contributed by atoms with Crippen molar-refractivity contribution in [3.8, 4) is 5.75 Å². The SMILES string of the molecule is CC.CC[C@@H](C)C(=O)NCc1cc(F)ccc1SNc1ccc(C(C)C)c(OC)c1C(=O)OC. The summed E-state index contributed by atoms with van der Waals surface area (Å²) in [6, 6.07) is 8.08. The van der Waals surface area contributed by atoms with Gasteiger partial charge < -0.3 is 19.5 Å². The number of carbonyl (C=O) groups excluding carboxylic acids is 2. The Bertz CT molecular complexity index is 966. The van der Waals surface area contributed by atoms with Crippen molar-refractivity contribution in [3.05, 3.63) is 52.8 Å². The summed E-state index contributed by atoms with van der Waals surface area (Å²) in [6.07, 6.45) is 0.725. The fraction of sp³-hybridized carbons (Fsp3) is 0.462. The van der Waals surface area contributed by atoms with Gasteiger partial charge in [0.2, 0.25) is 5.91 Å². The van der Waals surface area contributed by atoms with Crippen molar-refractivity contribution in [2.24, 2.45) is 5.92 Å². The molecule has 34 heavy (non-hydrogen) atoms.